The minimum absolute atomic E-state index is 0.140. The third kappa shape index (κ3) is 5.00. The highest BCUT2D eigenvalue weighted by Crippen LogP contribution is 2.36. The number of carbonyl (C=O) groups is 2. The van der Waals surface area contributed by atoms with Crippen LogP contribution in [0.4, 0.5) is 5.69 Å². The van der Waals surface area contributed by atoms with Crippen LogP contribution in [0.3, 0.4) is 0 Å². The molecule has 1 unspecified atom stereocenters. The smallest absolute Gasteiger partial charge is 0.259 e. The number of nitrogens with zero attached hydrogens (tertiary/aromatic N) is 1. The minimum atomic E-state index is -1.54. The largest absolute Gasteiger partial charge is 0.349 e. The van der Waals surface area contributed by atoms with Gasteiger partial charge in [0.1, 0.15) is 0 Å². The molecule has 1 fully saturated rings. The first-order chi connectivity index (χ1) is 17.5. The molecule has 0 bridgehead atoms. The lowest BCUT2D eigenvalue weighted by atomic mass is 9.96. The molecule has 1 atom stereocenters. The number of carbonyl (C=O) groups excluding carboxylic acids is 2. The van der Waals surface area contributed by atoms with Crippen molar-refractivity contribution in [2.24, 2.45) is 0 Å². The van der Waals surface area contributed by atoms with Gasteiger partial charge in [0.05, 0.1) is 38.4 Å². The zero-order chi connectivity index (χ0) is 25.1. The van der Waals surface area contributed by atoms with E-state index in [2.05, 4.69) is 5.32 Å². The Kier molecular flexibility index (Phi) is 7.33. The second-order valence-electron chi connectivity index (χ2n) is 9.78. The van der Waals surface area contributed by atoms with E-state index in [0.29, 0.717) is 33.2 Å². The highest BCUT2D eigenvalue weighted by molar-refractivity contribution is 7.85. The molecule has 1 heterocycles. The monoisotopic (exact) mass is 500 g/mol. The van der Waals surface area contributed by atoms with E-state index in [4.69, 9.17) is 0 Å². The van der Waals surface area contributed by atoms with Gasteiger partial charge in [-0.3, -0.25) is 9.59 Å². The summed E-state index contributed by atoms with van der Waals surface area (Å²) < 4.78 is 13.6. The fourth-order valence-corrected chi connectivity index (χ4v) is 6.53. The Balaban J connectivity index is 1.53. The lowest BCUT2D eigenvalue weighted by Gasteiger charge is -2.25. The summed E-state index contributed by atoms with van der Waals surface area (Å²) in [4.78, 5) is 29.8. The van der Waals surface area contributed by atoms with E-state index in [9.17, 15) is 13.8 Å². The van der Waals surface area contributed by atoms with Gasteiger partial charge in [0.15, 0.2) is 0 Å². The third-order valence-corrected chi connectivity index (χ3v) is 8.80. The summed E-state index contributed by atoms with van der Waals surface area (Å²) in [7, 11) is -1.54. The van der Waals surface area contributed by atoms with Gasteiger partial charge in [-0.05, 0) is 61.2 Å². The summed E-state index contributed by atoms with van der Waals surface area (Å²) in [6.07, 6.45) is 7.95. The van der Waals surface area contributed by atoms with Crippen LogP contribution >= 0.6 is 0 Å². The second-order valence-corrected chi connectivity index (χ2v) is 11.2. The van der Waals surface area contributed by atoms with Gasteiger partial charge in [0, 0.05) is 11.6 Å². The van der Waals surface area contributed by atoms with E-state index >= 15 is 0 Å². The molecule has 2 aliphatic rings. The molecule has 1 saturated carbocycles. The maximum absolute atomic E-state index is 13.8. The number of aryl methyl sites for hydroxylation is 1. The van der Waals surface area contributed by atoms with Crippen molar-refractivity contribution in [1.29, 1.82) is 0 Å². The van der Waals surface area contributed by atoms with E-state index in [0.717, 1.165) is 36.8 Å². The molecule has 1 aliphatic carbocycles. The molecule has 1 N–H and O–H groups in total. The van der Waals surface area contributed by atoms with E-state index < -0.39 is 10.8 Å². The topological polar surface area (TPSA) is 66.5 Å². The molecule has 36 heavy (non-hydrogen) atoms. The highest BCUT2D eigenvalue weighted by Gasteiger charge is 2.32. The third-order valence-electron chi connectivity index (χ3n) is 7.30. The number of rotatable bonds is 4. The normalized spacial score (nSPS) is 18.4. The molecule has 3 aromatic carbocycles. The van der Waals surface area contributed by atoms with Crippen molar-refractivity contribution < 1.29 is 13.8 Å². The Bertz CT molecular complexity index is 1310. The van der Waals surface area contributed by atoms with Gasteiger partial charge in [-0.15, -0.1) is 0 Å². The van der Waals surface area contributed by atoms with Crippen LogP contribution in [-0.4, -0.2) is 22.1 Å². The lowest BCUT2D eigenvalue weighted by Crippen LogP contribution is -2.35. The summed E-state index contributed by atoms with van der Waals surface area (Å²) in [5.41, 5.74) is 3.53. The maximum atomic E-state index is 13.8. The van der Waals surface area contributed by atoms with Crippen LogP contribution in [0.25, 0.3) is 0 Å². The van der Waals surface area contributed by atoms with Crippen LogP contribution in [-0.2, 0) is 17.3 Å². The van der Waals surface area contributed by atoms with Crippen LogP contribution in [0.15, 0.2) is 76.5 Å². The van der Waals surface area contributed by atoms with E-state index in [-0.39, 0.29) is 17.9 Å². The molecule has 0 saturated heterocycles. The number of fused-ring (bicyclic) bond motifs is 2. The maximum Gasteiger partial charge on any atom is 0.259 e. The van der Waals surface area contributed by atoms with Crippen molar-refractivity contribution in [3.8, 4) is 0 Å². The van der Waals surface area contributed by atoms with Crippen LogP contribution in [0.1, 0.15) is 76.8 Å². The number of nitrogens with one attached hydrogen (secondary N) is 1. The first-order valence-corrected chi connectivity index (χ1v) is 14.0. The van der Waals surface area contributed by atoms with Crippen molar-refractivity contribution in [3.05, 3.63) is 89.0 Å². The van der Waals surface area contributed by atoms with Gasteiger partial charge >= 0.3 is 0 Å². The number of amides is 2. The first-order valence-electron chi connectivity index (χ1n) is 12.8. The summed E-state index contributed by atoms with van der Waals surface area (Å²) >= 11 is 0. The van der Waals surface area contributed by atoms with E-state index in [1.807, 2.05) is 31.2 Å². The molecular weight excluding hydrogens is 468 g/mol. The second kappa shape index (κ2) is 10.8. The van der Waals surface area contributed by atoms with Gasteiger partial charge in [-0.1, -0.05) is 68.5 Å². The van der Waals surface area contributed by atoms with Crippen molar-refractivity contribution in [2.45, 2.75) is 74.2 Å². The Hall–Kier alpha value is -3.25. The Morgan fingerprint density at radius 2 is 1.61 bits per heavy atom. The molecule has 0 aromatic heterocycles. The van der Waals surface area contributed by atoms with Gasteiger partial charge in [0.2, 0.25) is 0 Å². The fraction of sp³-hybridized carbons (Fsp3) is 0.333. The van der Waals surface area contributed by atoms with Gasteiger partial charge in [0.25, 0.3) is 11.8 Å². The summed E-state index contributed by atoms with van der Waals surface area (Å²) in [6.45, 7) is 2.35. The van der Waals surface area contributed by atoms with Crippen LogP contribution in [0.2, 0.25) is 0 Å². The summed E-state index contributed by atoms with van der Waals surface area (Å²) in [5, 5.41) is 3.22. The van der Waals surface area contributed by atoms with Crippen LogP contribution in [0.5, 0.6) is 0 Å². The van der Waals surface area contributed by atoms with Crippen LogP contribution < -0.4 is 10.2 Å². The van der Waals surface area contributed by atoms with Crippen molar-refractivity contribution in [2.75, 3.05) is 4.90 Å². The molecule has 0 spiro atoms. The number of anilines is 1. The molecule has 6 heteroatoms. The van der Waals surface area contributed by atoms with Gasteiger partial charge in [-0.25, -0.2) is 4.21 Å². The number of benzene rings is 3. The number of hydrogen-bond acceptors (Lipinski definition) is 3. The molecule has 3 aromatic rings. The van der Waals surface area contributed by atoms with Crippen LogP contribution in [0, 0.1) is 6.92 Å². The molecule has 2 amide bonds. The Labute approximate surface area is 215 Å². The zero-order valence-electron chi connectivity index (χ0n) is 20.7. The molecular formula is C30H32N2O3S. The number of hydrogen-bond donors (Lipinski definition) is 1. The van der Waals surface area contributed by atoms with E-state index in [1.165, 1.54) is 19.3 Å². The molecule has 186 valence electrons. The quantitative estimate of drug-likeness (QED) is 0.466. The SMILES string of the molecule is Cc1ccccc1CN1C(=O)c2ccccc2S(=O)c2ccc(C(=O)NC3CCCCCCC3)cc21. The lowest BCUT2D eigenvalue weighted by molar-refractivity contribution is 0.0928. The average Bonchev–Trinajstić information content (AvgIpc) is 2.96. The van der Waals surface area contributed by atoms with Gasteiger partial charge in [-0.2, -0.15) is 0 Å². The zero-order valence-corrected chi connectivity index (χ0v) is 21.5. The Morgan fingerprint density at radius 3 is 2.39 bits per heavy atom. The Morgan fingerprint density at radius 1 is 0.917 bits per heavy atom. The predicted octanol–water partition coefficient (Wildman–Crippen LogP) is 6.16. The standard InChI is InChI=1S/C30H32N2O3S/c1-21-11-7-8-12-23(21)20-32-26-19-22(29(33)31-24-13-5-3-2-4-6-14-24)17-18-28(26)36(35)27-16-10-9-15-25(27)30(32)34/h7-12,15-19,24H,2-6,13-14,20H2,1H3,(H,31,33). The van der Waals surface area contributed by atoms with E-state index in [1.54, 1.807) is 47.4 Å². The van der Waals surface area contributed by atoms with Crippen molar-refractivity contribution in [1.82, 2.24) is 5.32 Å². The molecule has 5 nitrogen and oxygen atoms in total. The predicted molar refractivity (Wildman–Crippen MR) is 143 cm³/mol. The van der Waals surface area contributed by atoms with Crippen molar-refractivity contribution in [3.63, 3.8) is 0 Å². The van der Waals surface area contributed by atoms with Crippen molar-refractivity contribution >= 4 is 28.3 Å². The summed E-state index contributed by atoms with van der Waals surface area (Å²) in [6, 6.07) is 20.4. The molecule has 1 aliphatic heterocycles. The summed E-state index contributed by atoms with van der Waals surface area (Å²) in [5.74, 6) is -0.349. The first kappa shape index (κ1) is 24.4. The fourth-order valence-electron chi connectivity index (χ4n) is 5.19. The molecule has 0 radical (unpaired) electrons. The minimum Gasteiger partial charge on any atom is -0.349 e. The van der Waals surface area contributed by atoms with Gasteiger partial charge < -0.3 is 10.2 Å². The highest BCUT2D eigenvalue weighted by atomic mass is 32.2. The average molecular weight is 501 g/mol. The molecule has 5 rings (SSSR count).